The van der Waals surface area contributed by atoms with Gasteiger partial charge in [0.2, 0.25) is 10.0 Å². The van der Waals surface area contributed by atoms with Crippen LogP contribution >= 0.6 is 0 Å². The van der Waals surface area contributed by atoms with E-state index in [0.29, 0.717) is 34.4 Å². The lowest BCUT2D eigenvalue weighted by Crippen LogP contribution is -2.26. The van der Waals surface area contributed by atoms with E-state index >= 15 is 0 Å². The van der Waals surface area contributed by atoms with Crippen LogP contribution in [0, 0.1) is 0 Å². The number of nitrogen functional groups attached to an aromatic ring is 1. The molecule has 4 aromatic rings. The molecule has 10 heteroatoms. The number of nitrogens with one attached hydrogen (secondary N) is 1. The van der Waals surface area contributed by atoms with E-state index in [9.17, 15) is 13.2 Å². The highest BCUT2D eigenvalue weighted by atomic mass is 32.2. The summed E-state index contributed by atoms with van der Waals surface area (Å²) in [6.45, 7) is 0.501. The molecule has 2 aromatic heterocycles. The van der Waals surface area contributed by atoms with E-state index in [1.165, 1.54) is 30.5 Å². The Morgan fingerprint density at radius 2 is 1.74 bits per heavy atom. The maximum absolute atomic E-state index is 13.3. The summed E-state index contributed by atoms with van der Waals surface area (Å²) in [5.41, 5.74) is 10.7. The topological polar surface area (TPSA) is 146 Å². The molecule has 5 N–H and O–H groups in total. The van der Waals surface area contributed by atoms with Crippen LogP contribution in [0.15, 0.2) is 65.1 Å². The summed E-state index contributed by atoms with van der Waals surface area (Å²) in [5, 5.41) is 8.22. The van der Waals surface area contributed by atoms with Crippen LogP contribution in [0.4, 0.5) is 5.82 Å². The molecule has 0 radical (unpaired) electrons. The number of hydrogen-bond acceptors (Lipinski definition) is 6. The van der Waals surface area contributed by atoms with Crippen molar-refractivity contribution in [2.24, 2.45) is 5.14 Å². The quantitative estimate of drug-likeness (QED) is 0.353. The summed E-state index contributed by atoms with van der Waals surface area (Å²) >= 11 is 0. The minimum atomic E-state index is -3.85. The second-order valence-corrected chi connectivity index (χ2v) is 10.2. The van der Waals surface area contributed by atoms with Gasteiger partial charge < -0.3 is 11.1 Å². The van der Waals surface area contributed by atoms with E-state index in [0.717, 1.165) is 19.3 Å². The summed E-state index contributed by atoms with van der Waals surface area (Å²) in [5.74, 6) is -0.151. The Morgan fingerprint density at radius 1 is 1.03 bits per heavy atom. The number of amides is 1. The van der Waals surface area contributed by atoms with E-state index in [1.54, 1.807) is 16.7 Å². The van der Waals surface area contributed by atoms with E-state index in [2.05, 4.69) is 11.4 Å². The maximum atomic E-state index is 13.3. The highest BCUT2D eigenvalue weighted by Crippen LogP contribution is 2.31. The molecule has 0 bridgehead atoms. The van der Waals surface area contributed by atoms with Crippen LogP contribution in [-0.4, -0.2) is 35.4 Å². The molecule has 2 heterocycles. The number of carbonyl (C=O) groups excluding carboxylic acids is 1. The summed E-state index contributed by atoms with van der Waals surface area (Å²) in [6, 6.07) is 13.3. The average Bonchev–Trinajstić information content (AvgIpc) is 3.13. The number of benzene rings is 2. The summed E-state index contributed by atoms with van der Waals surface area (Å²) in [7, 11) is -3.85. The maximum Gasteiger partial charge on any atom is 0.257 e. The normalized spacial score (nSPS) is 14.3. The molecule has 1 amide bonds. The fourth-order valence-corrected chi connectivity index (χ4v) is 5.00. The fourth-order valence-electron chi connectivity index (χ4n) is 4.49. The smallest absolute Gasteiger partial charge is 0.257 e. The molecule has 0 spiro atoms. The number of carbonyl (C=O) groups is 1. The molecule has 5 rings (SSSR count). The number of rotatable bonds is 6. The number of fused-ring (bicyclic) bond motifs is 2. The van der Waals surface area contributed by atoms with Gasteiger partial charge in [0, 0.05) is 12.2 Å². The van der Waals surface area contributed by atoms with Crippen LogP contribution in [-0.2, 0) is 10.0 Å². The van der Waals surface area contributed by atoms with Gasteiger partial charge >= 0.3 is 0 Å². The Balaban J connectivity index is 1.58. The third-order valence-corrected chi connectivity index (χ3v) is 7.19. The first-order valence-electron chi connectivity index (χ1n) is 11.5. The van der Waals surface area contributed by atoms with Crippen LogP contribution in [0.1, 0.15) is 42.5 Å². The molecule has 0 saturated carbocycles. The van der Waals surface area contributed by atoms with Crippen molar-refractivity contribution in [3.8, 4) is 5.69 Å². The standard InChI is InChI=1S/C25H26N6O3S/c26-23-21(25(32)28-15-14-16-6-2-1-3-7-16)22-24(30-20-9-5-4-8-19(20)29-22)31(23)17-10-12-18(13-11-17)35(27,33)34/h4-6,8-13H,1-3,7,14-15,26H2,(H,28,32)(H2,27,33,34). The molecule has 1 aliphatic rings. The van der Waals surface area contributed by atoms with Crippen molar-refractivity contribution < 1.29 is 13.2 Å². The summed E-state index contributed by atoms with van der Waals surface area (Å²) in [4.78, 5) is 22.7. The number of allylic oxidation sites excluding steroid dienone is 1. The van der Waals surface area contributed by atoms with Gasteiger partial charge in [0.1, 0.15) is 16.9 Å². The number of primary sulfonamides is 1. The zero-order valence-electron chi connectivity index (χ0n) is 19.1. The molecule has 9 nitrogen and oxygen atoms in total. The Hall–Kier alpha value is -3.76. The van der Waals surface area contributed by atoms with E-state index in [1.807, 2.05) is 24.3 Å². The lowest BCUT2D eigenvalue weighted by atomic mass is 9.97. The predicted molar refractivity (Wildman–Crippen MR) is 136 cm³/mol. The number of nitrogens with zero attached hydrogens (tertiary/aromatic N) is 3. The minimum absolute atomic E-state index is 0.0252. The van der Waals surface area contributed by atoms with Crippen molar-refractivity contribution in [2.45, 2.75) is 37.0 Å². The molecule has 0 saturated heterocycles. The SMILES string of the molecule is Nc1c(C(=O)NCCC2=CCCCC2)c2nc3ccccc3nc2n1-c1ccc(S(N)(=O)=O)cc1. The molecular formula is C25H26N6O3S. The van der Waals surface area contributed by atoms with Gasteiger partial charge in [-0.25, -0.2) is 23.5 Å². The predicted octanol–water partition coefficient (Wildman–Crippen LogP) is 3.42. The van der Waals surface area contributed by atoms with Crippen molar-refractivity contribution in [1.29, 1.82) is 0 Å². The lowest BCUT2D eigenvalue weighted by Gasteiger charge is -2.13. The number of aromatic nitrogens is 3. The van der Waals surface area contributed by atoms with E-state index in [-0.39, 0.29) is 22.2 Å². The van der Waals surface area contributed by atoms with Gasteiger partial charge in [-0.3, -0.25) is 9.36 Å². The summed E-state index contributed by atoms with van der Waals surface area (Å²) < 4.78 is 25.0. The first kappa shape index (κ1) is 23.0. The first-order chi connectivity index (χ1) is 16.8. The average molecular weight is 491 g/mol. The van der Waals surface area contributed by atoms with Crippen molar-refractivity contribution in [3.05, 3.63) is 65.7 Å². The molecule has 0 fully saturated rings. The third-order valence-electron chi connectivity index (χ3n) is 6.27. The van der Waals surface area contributed by atoms with Crippen LogP contribution < -0.4 is 16.2 Å². The Bertz CT molecular complexity index is 1570. The van der Waals surface area contributed by atoms with E-state index in [4.69, 9.17) is 20.8 Å². The molecule has 0 unspecified atom stereocenters. The number of sulfonamides is 1. The molecule has 180 valence electrons. The number of nitrogens with two attached hydrogens (primary N) is 2. The zero-order valence-corrected chi connectivity index (χ0v) is 19.9. The van der Waals surface area contributed by atoms with E-state index < -0.39 is 10.0 Å². The van der Waals surface area contributed by atoms with Gasteiger partial charge in [-0.05, 0) is 68.5 Å². The minimum Gasteiger partial charge on any atom is -0.384 e. The molecular weight excluding hydrogens is 464 g/mol. The van der Waals surface area contributed by atoms with Crippen LogP contribution in [0.3, 0.4) is 0 Å². The van der Waals surface area contributed by atoms with Gasteiger partial charge in [0.15, 0.2) is 5.65 Å². The van der Waals surface area contributed by atoms with Crippen molar-refractivity contribution in [1.82, 2.24) is 19.9 Å². The van der Waals surface area contributed by atoms with Crippen molar-refractivity contribution in [3.63, 3.8) is 0 Å². The number of hydrogen-bond donors (Lipinski definition) is 3. The van der Waals surface area contributed by atoms with Crippen molar-refractivity contribution >= 4 is 43.9 Å². The second-order valence-electron chi connectivity index (χ2n) is 8.63. The largest absolute Gasteiger partial charge is 0.384 e. The fraction of sp³-hybridized carbons (Fsp3) is 0.240. The number of anilines is 1. The van der Waals surface area contributed by atoms with Crippen LogP contribution in [0.5, 0.6) is 0 Å². The Morgan fingerprint density at radius 3 is 2.40 bits per heavy atom. The molecule has 35 heavy (non-hydrogen) atoms. The van der Waals surface area contributed by atoms with Gasteiger partial charge in [0.05, 0.1) is 15.9 Å². The molecule has 2 aromatic carbocycles. The molecule has 0 atom stereocenters. The lowest BCUT2D eigenvalue weighted by molar-refractivity contribution is 0.0956. The molecule has 1 aliphatic carbocycles. The number of para-hydroxylation sites is 2. The summed E-state index contributed by atoms with van der Waals surface area (Å²) in [6.07, 6.45) is 7.64. The zero-order chi connectivity index (χ0) is 24.6. The Kier molecular flexibility index (Phi) is 6.00. The highest BCUT2D eigenvalue weighted by Gasteiger charge is 2.25. The Labute approximate surface area is 202 Å². The first-order valence-corrected chi connectivity index (χ1v) is 13.0. The van der Waals surface area contributed by atoms with Gasteiger partial charge in [-0.15, -0.1) is 0 Å². The van der Waals surface area contributed by atoms with Gasteiger partial charge in [-0.2, -0.15) is 0 Å². The van der Waals surface area contributed by atoms with Crippen LogP contribution in [0.2, 0.25) is 0 Å². The highest BCUT2D eigenvalue weighted by molar-refractivity contribution is 7.89. The van der Waals surface area contributed by atoms with Gasteiger partial charge in [0.25, 0.3) is 5.91 Å². The third kappa shape index (κ3) is 4.50. The second kappa shape index (κ2) is 9.12. The molecule has 0 aliphatic heterocycles. The van der Waals surface area contributed by atoms with Gasteiger partial charge in [-0.1, -0.05) is 23.8 Å². The monoisotopic (exact) mass is 490 g/mol. The van der Waals surface area contributed by atoms with Crippen molar-refractivity contribution in [2.75, 3.05) is 12.3 Å². The van der Waals surface area contributed by atoms with Crippen LogP contribution in [0.25, 0.3) is 27.9 Å².